The summed E-state index contributed by atoms with van der Waals surface area (Å²) in [5.41, 5.74) is 4.29. The first-order valence-electron chi connectivity index (χ1n) is 13.8. The third-order valence-corrected chi connectivity index (χ3v) is 7.02. The number of carbonyl (C=O) groups excluding carboxylic acids is 2. The van der Waals surface area contributed by atoms with Crippen molar-refractivity contribution in [3.63, 3.8) is 0 Å². The summed E-state index contributed by atoms with van der Waals surface area (Å²) in [5.74, 6) is 0.526. The maximum Gasteiger partial charge on any atom is 0.323 e. The van der Waals surface area contributed by atoms with E-state index in [-0.39, 0.29) is 11.5 Å². The van der Waals surface area contributed by atoms with E-state index in [9.17, 15) is 9.59 Å². The molecule has 2 aromatic heterocycles. The molecule has 6 rings (SSSR count). The number of amides is 2. The van der Waals surface area contributed by atoms with Crippen LogP contribution in [0.1, 0.15) is 12.5 Å². The van der Waals surface area contributed by atoms with Crippen molar-refractivity contribution in [3.05, 3.63) is 90.8 Å². The fourth-order valence-corrected chi connectivity index (χ4v) is 4.92. The minimum absolute atomic E-state index is 0.00926. The second-order valence-corrected chi connectivity index (χ2v) is 10.2. The molecule has 0 aliphatic carbocycles. The van der Waals surface area contributed by atoms with Gasteiger partial charge in [-0.15, -0.1) is 0 Å². The van der Waals surface area contributed by atoms with Gasteiger partial charge in [0.25, 0.3) is 0 Å². The molecule has 0 saturated carbocycles. The molecule has 0 atom stereocenters. The summed E-state index contributed by atoms with van der Waals surface area (Å²) in [7, 11) is 0. The third kappa shape index (κ3) is 6.47. The topological polar surface area (TPSA) is 122 Å². The molecule has 3 aromatic carbocycles. The molecule has 10 nitrogen and oxygen atoms in total. The van der Waals surface area contributed by atoms with E-state index in [1.54, 1.807) is 42.7 Å². The SMILES string of the molecule is CC(=O)Cc1ccc(NC(=O)Nc2ccc(-c3nc(N4CCOCC4)c4ccc(-c5cncnc5)cc4n3)cc2F)cc1. The molecule has 3 heterocycles. The van der Waals surface area contributed by atoms with Crippen LogP contribution in [-0.4, -0.2) is 58.1 Å². The van der Waals surface area contributed by atoms with E-state index in [1.165, 1.54) is 25.4 Å². The summed E-state index contributed by atoms with van der Waals surface area (Å²) in [6.45, 7) is 4.03. The average molecular weight is 578 g/mol. The van der Waals surface area contributed by atoms with E-state index < -0.39 is 11.8 Å². The average Bonchev–Trinajstić information content (AvgIpc) is 3.03. The molecule has 1 fully saturated rings. The Kier molecular flexibility index (Phi) is 7.96. The molecule has 43 heavy (non-hydrogen) atoms. The minimum Gasteiger partial charge on any atom is -0.378 e. The molecule has 1 aliphatic rings. The number of anilines is 3. The van der Waals surface area contributed by atoms with Gasteiger partial charge in [-0.25, -0.2) is 29.1 Å². The Morgan fingerprint density at radius 1 is 0.884 bits per heavy atom. The first-order valence-corrected chi connectivity index (χ1v) is 13.8. The highest BCUT2D eigenvalue weighted by molar-refractivity contribution is 6.00. The largest absolute Gasteiger partial charge is 0.378 e. The Morgan fingerprint density at radius 2 is 1.63 bits per heavy atom. The second-order valence-electron chi connectivity index (χ2n) is 10.2. The lowest BCUT2D eigenvalue weighted by atomic mass is 10.1. The van der Waals surface area contributed by atoms with Crippen LogP contribution in [0, 0.1) is 5.82 Å². The predicted octanol–water partition coefficient (Wildman–Crippen LogP) is 5.51. The highest BCUT2D eigenvalue weighted by atomic mass is 19.1. The molecular formula is C32H28FN7O3. The lowest BCUT2D eigenvalue weighted by Gasteiger charge is -2.29. The second kappa shape index (κ2) is 12.3. The molecule has 5 aromatic rings. The maximum atomic E-state index is 15.3. The van der Waals surface area contributed by atoms with E-state index in [0.717, 1.165) is 27.9 Å². The summed E-state index contributed by atoms with van der Waals surface area (Å²) in [4.78, 5) is 43.9. The zero-order chi connectivity index (χ0) is 29.8. The number of fused-ring (bicyclic) bond motifs is 1. The van der Waals surface area contributed by atoms with Crippen molar-refractivity contribution in [2.75, 3.05) is 41.8 Å². The standard InChI is InChI=1S/C32H28FN7O3/c1-20(41)14-21-2-6-25(7-3-21)36-32(42)38-28-9-5-23(15-27(28)33)30-37-29-16-22(24-17-34-19-35-18-24)4-8-26(29)31(39-30)40-10-12-43-13-11-40/h2-9,15-19H,10-14H2,1H3,(H2,36,38,42). The number of aromatic nitrogens is 4. The van der Waals surface area contributed by atoms with Gasteiger partial charge in [0.05, 0.1) is 24.4 Å². The van der Waals surface area contributed by atoms with E-state index >= 15 is 4.39 Å². The first-order chi connectivity index (χ1) is 20.9. The molecular weight excluding hydrogens is 549 g/mol. The van der Waals surface area contributed by atoms with Gasteiger partial charge >= 0.3 is 6.03 Å². The van der Waals surface area contributed by atoms with Gasteiger partial charge in [-0.3, -0.25) is 4.79 Å². The highest BCUT2D eigenvalue weighted by Gasteiger charge is 2.19. The quantitative estimate of drug-likeness (QED) is 0.260. The fourth-order valence-electron chi connectivity index (χ4n) is 4.92. The summed E-state index contributed by atoms with van der Waals surface area (Å²) in [6.07, 6.45) is 5.27. The highest BCUT2D eigenvalue weighted by Crippen LogP contribution is 2.32. The zero-order valence-electron chi connectivity index (χ0n) is 23.4. The molecule has 1 aliphatic heterocycles. The maximum absolute atomic E-state index is 15.3. The molecule has 11 heteroatoms. The number of nitrogens with one attached hydrogen (secondary N) is 2. The number of nitrogens with zero attached hydrogens (tertiary/aromatic N) is 5. The van der Waals surface area contributed by atoms with E-state index in [2.05, 4.69) is 25.5 Å². The van der Waals surface area contributed by atoms with Gasteiger partial charge < -0.3 is 20.3 Å². The lowest BCUT2D eigenvalue weighted by molar-refractivity contribution is -0.116. The third-order valence-electron chi connectivity index (χ3n) is 7.02. The molecule has 2 N–H and O–H groups in total. The van der Waals surface area contributed by atoms with Gasteiger partial charge in [-0.05, 0) is 60.5 Å². The van der Waals surface area contributed by atoms with Crippen LogP contribution in [0.15, 0.2) is 79.4 Å². The van der Waals surface area contributed by atoms with E-state index in [4.69, 9.17) is 14.7 Å². The van der Waals surface area contributed by atoms with Crippen molar-refractivity contribution in [2.45, 2.75) is 13.3 Å². The number of benzene rings is 3. The number of carbonyl (C=O) groups is 2. The van der Waals surface area contributed by atoms with Gasteiger partial charge in [0.1, 0.15) is 23.7 Å². The molecule has 2 amide bonds. The number of halogens is 1. The Balaban J connectivity index is 1.27. The number of hydrogen-bond acceptors (Lipinski definition) is 8. The van der Waals surface area contributed by atoms with Crippen molar-refractivity contribution in [1.82, 2.24) is 19.9 Å². The van der Waals surface area contributed by atoms with Crippen LogP contribution < -0.4 is 15.5 Å². The predicted molar refractivity (Wildman–Crippen MR) is 162 cm³/mol. The molecule has 0 unspecified atom stereocenters. The number of hydrogen-bond donors (Lipinski definition) is 2. The van der Waals surface area contributed by atoms with Crippen LogP contribution >= 0.6 is 0 Å². The summed E-state index contributed by atoms with van der Waals surface area (Å²) < 4.78 is 20.8. The molecule has 0 radical (unpaired) electrons. The van der Waals surface area contributed by atoms with Crippen LogP contribution in [0.2, 0.25) is 0 Å². The van der Waals surface area contributed by atoms with Gasteiger partial charge in [0, 0.05) is 54.1 Å². The Labute approximate surface area is 247 Å². The van der Waals surface area contributed by atoms with E-state index in [0.29, 0.717) is 55.3 Å². The van der Waals surface area contributed by atoms with Crippen LogP contribution in [-0.2, 0) is 16.0 Å². The lowest BCUT2D eigenvalue weighted by Crippen LogP contribution is -2.37. The first kappa shape index (κ1) is 27.9. The summed E-state index contributed by atoms with van der Waals surface area (Å²) >= 11 is 0. The van der Waals surface area contributed by atoms with Crippen LogP contribution in [0.4, 0.5) is 26.4 Å². The Bertz CT molecular complexity index is 1790. The van der Waals surface area contributed by atoms with Crippen molar-refractivity contribution in [3.8, 4) is 22.5 Å². The number of ketones is 1. The van der Waals surface area contributed by atoms with Gasteiger partial charge in [-0.1, -0.05) is 18.2 Å². The Hall–Kier alpha value is -5.29. The van der Waals surface area contributed by atoms with Crippen molar-refractivity contribution in [1.29, 1.82) is 0 Å². The monoisotopic (exact) mass is 577 g/mol. The normalized spacial score (nSPS) is 13.1. The Morgan fingerprint density at radius 3 is 2.35 bits per heavy atom. The molecule has 216 valence electrons. The smallest absolute Gasteiger partial charge is 0.323 e. The summed E-state index contributed by atoms with van der Waals surface area (Å²) in [5, 5.41) is 6.10. The van der Waals surface area contributed by atoms with E-state index in [1.807, 2.05) is 18.2 Å². The fraction of sp³-hybridized carbons (Fsp3) is 0.188. The number of urea groups is 1. The van der Waals surface area contributed by atoms with Crippen molar-refractivity contribution in [2.24, 2.45) is 0 Å². The molecule has 0 spiro atoms. The van der Waals surface area contributed by atoms with Crippen LogP contribution in [0.25, 0.3) is 33.4 Å². The van der Waals surface area contributed by atoms with Gasteiger partial charge in [-0.2, -0.15) is 0 Å². The molecule has 0 bridgehead atoms. The van der Waals surface area contributed by atoms with Gasteiger partial charge in [0.15, 0.2) is 5.82 Å². The number of morpholine rings is 1. The number of ether oxygens (including phenoxy) is 1. The number of rotatable bonds is 7. The van der Waals surface area contributed by atoms with Crippen LogP contribution in [0.3, 0.4) is 0 Å². The van der Waals surface area contributed by atoms with Crippen molar-refractivity contribution >= 4 is 39.9 Å². The van der Waals surface area contributed by atoms with Crippen molar-refractivity contribution < 1.29 is 18.7 Å². The number of Topliss-reactive ketones (excluding diaryl/α,β-unsaturated/α-hetero) is 1. The summed E-state index contributed by atoms with van der Waals surface area (Å²) in [6, 6.07) is 16.7. The molecule has 1 saturated heterocycles. The van der Waals surface area contributed by atoms with Crippen LogP contribution in [0.5, 0.6) is 0 Å². The zero-order valence-corrected chi connectivity index (χ0v) is 23.4. The minimum atomic E-state index is -0.628. The van der Waals surface area contributed by atoms with Gasteiger partial charge in [0.2, 0.25) is 0 Å².